The van der Waals surface area contributed by atoms with Crippen LogP contribution >= 0.6 is 15.9 Å². The van der Waals surface area contributed by atoms with Gasteiger partial charge in [-0.25, -0.2) is 0 Å². The molecule has 11 heavy (non-hydrogen) atoms. The number of allylic oxidation sites excluding steroid dienone is 6. The van der Waals surface area contributed by atoms with Gasteiger partial charge in [0.25, 0.3) is 0 Å². The molecule has 0 heterocycles. The minimum Gasteiger partial charge on any atom is -0.0984 e. The minimum atomic E-state index is 1.02. The van der Waals surface area contributed by atoms with Crippen molar-refractivity contribution in [1.29, 1.82) is 0 Å². The van der Waals surface area contributed by atoms with E-state index in [0.717, 1.165) is 15.6 Å². The van der Waals surface area contributed by atoms with E-state index in [2.05, 4.69) is 29.1 Å². The van der Waals surface area contributed by atoms with Crippen molar-refractivity contribution < 1.29 is 0 Å². The van der Waals surface area contributed by atoms with Gasteiger partial charge in [0.15, 0.2) is 0 Å². The first-order valence-electron chi connectivity index (χ1n) is 3.44. The molecule has 0 atom stereocenters. The maximum atomic E-state index is 3.84. The monoisotopic (exact) mass is 212 g/mol. The molecule has 0 fully saturated rings. The summed E-state index contributed by atoms with van der Waals surface area (Å²) in [5.41, 5.74) is 2.08. The molecular formula is C10H13Br. The smallest absolute Gasteiger partial charge is 0.0246 e. The highest BCUT2D eigenvalue weighted by Crippen LogP contribution is 2.20. The lowest BCUT2D eigenvalue weighted by molar-refractivity contribution is 1.45. The first-order chi connectivity index (χ1) is 5.13. The standard InChI is InChI=1S/C10H13Br/c1-5-7-10(11)9(6-2)8(3)4/h5-7H,2-3H2,1,4H3/b7-5-,10-9+. The molecule has 0 aromatic rings. The summed E-state index contributed by atoms with van der Waals surface area (Å²) in [6.07, 6.45) is 5.74. The molecule has 0 aromatic carbocycles. The van der Waals surface area contributed by atoms with Gasteiger partial charge in [-0.2, -0.15) is 0 Å². The zero-order valence-electron chi connectivity index (χ0n) is 7.02. The minimum absolute atomic E-state index is 1.02. The number of halogens is 1. The molecule has 0 spiro atoms. The Labute approximate surface area is 77.1 Å². The molecule has 0 aliphatic carbocycles. The fourth-order valence-corrected chi connectivity index (χ4v) is 1.48. The van der Waals surface area contributed by atoms with Crippen molar-refractivity contribution >= 4 is 15.9 Å². The van der Waals surface area contributed by atoms with Crippen LogP contribution in [0.5, 0.6) is 0 Å². The average Bonchev–Trinajstić information content (AvgIpc) is 1.88. The quantitative estimate of drug-likeness (QED) is 0.622. The fraction of sp³-hybridized carbons (Fsp3) is 0.200. The second kappa shape index (κ2) is 5.14. The lowest BCUT2D eigenvalue weighted by atomic mass is 10.1. The predicted molar refractivity (Wildman–Crippen MR) is 55.8 cm³/mol. The van der Waals surface area contributed by atoms with Crippen molar-refractivity contribution in [3.63, 3.8) is 0 Å². The fourth-order valence-electron chi connectivity index (χ4n) is 0.712. The lowest BCUT2D eigenvalue weighted by Crippen LogP contribution is -1.80. The van der Waals surface area contributed by atoms with Crippen LogP contribution in [-0.2, 0) is 0 Å². The van der Waals surface area contributed by atoms with Crippen LogP contribution < -0.4 is 0 Å². The summed E-state index contributed by atoms with van der Waals surface area (Å²) < 4.78 is 1.03. The van der Waals surface area contributed by atoms with Crippen molar-refractivity contribution in [3.8, 4) is 0 Å². The van der Waals surface area contributed by atoms with E-state index in [4.69, 9.17) is 0 Å². The molecule has 0 radical (unpaired) electrons. The van der Waals surface area contributed by atoms with Crippen LogP contribution in [0.25, 0.3) is 0 Å². The van der Waals surface area contributed by atoms with Crippen LogP contribution in [0.15, 0.2) is 47.0 Å². The summed E-state index contributed by atoms with van der Waals surface area (Å²) in [5.74, 6) is 0. The van der Waals surface area contributed by atoms with E-state index in [9.17, 15) is 0 Å². The van der Waals surface area contributed by atoms with Crippen LogP contribution in [0.1, 0.15) is 13.8 Å². The first-order valence-corrected chi connectivity index (χ1v) is 4.23. The van der Waals surface area contributed by atoms with Gasteiger partial charge < -0.3 is 0 Å². The van der Waals surface area contributed by atoms with Crippen LogP contribution in [-0.4, -0.2) is 0 Å². The molecule has 0 rings (SSSR count). The molecule has 0 saturated heterocycles. The summed E-state index contributed by atoms with van der Waals surface area (Å²) in [4.78, 5) is 0. The average molecular weight is 213 g/mol. The van der Waals surface area contributed by atoms with Gasteiger partial charge >= 0.3 is 0 Å². The van der Waals surface area contributed by atoms with Gasteiger partial charge in [0.1, 0.15) is 0 Å². The molecule has 0 N–H and O–H groups in total. The first kappa shape index (κ1) is 10.4. The number of hydrogen-bond acceptors (Lipinski definition) is 0. The molecule has 0 saturated carbocycles. The normalized spacial score (nSPS) is 13.0. The summed E-state index contributed by atoms with van der Waals surface area (Å²) in [7, 11) is 0. The third-order valence-corrected chi connectivity index (χ3v) is 1.93. The van der Waals surface area contributed by atoms with Crippen molar-refractivity contribution in [2.45, 2.75) is 13.8 Å². The Morgan fingerprint density at radius 1 is 1.45 bits per heavy atom. The van der Waals surface area contributed by atoms with Crippen LogP contribution in [0, 0.1) is 0 Å². The van der Waals surface area contributed by atoms with Gasteiger partial charge in [0.05, 0.1) is 0 Å². The molecule has 60 valence electrons. The molecule has 0 bridgehead atoms. The second-order valence-corrected chi connectivity index (χ2v) is 3.10. The SMILES string of the molecule is C=C/C(C(=C)C)=C(Br)/C=C\C. The summed E-state index contributed by atoms with van der Waals surface area (Å²) >= 11 is 3.43. The summed E-state index contributed by atoms with van der Waals surface area (Å²) in [6.45, 7) is 11.5. The van der Waals surface area contributed by atoms with Gasteiger partial charge in [-0.1, -0.05) is 47.3 Å². The molecule has 0 aliphatic rings. The lowest BCUT2D eigenvalue weighted by Gasteiger charge is -2.00. The largest absolute Gasteiger partial charge is 0.0984 e. The van der Waals surface area contributed by atoms with E-state index in [1.807, 2.05) is 26.0 Å². The topological polar surface area (TPSA) is 0 Å². The number of hydrogen-bond donors (Lipinski definition) is 0. The van der Waals surface area contributed by atoms with Gasteiger partial charge in [0, 0.05) is 4.48 Å². The van der Waals surface area contributed by atoms with E-state index < -0.39 is 0 Å². The predicted octanol–water partition coefficient (Wildman–Crippen LogP) is 3.97. The molecule has 0 unspecified atom stereocenters. The summed E-state index contributed by atoms with van der Waals surface area (Å²) in [5, 5.41) is 0. The molecule has 0 aliphatic heterocycles. The van der Waals surface area contributed by atoms with Crippen LogP contribution in [0.3, 0.4) is 0 Å². The highest BCUT2D eigenvalue weighted by Gasteiger charge is 1.96. The van der Waals surface area contributed by atoms with E-state index in [1.165, 1.54) is 0 Å². The van der Waals surface area contributed by atoms with Crippen LogP contribution in [0.4, 0.5) is 0 Å². The maximum Gasteiger partial charge on any atom is 0.0246 e. The maximum absolute atomic E-state index is 3.84. The Kier molecular flexibility index (Phi) is 4.88. The Bertz CT molecular complexity index is 219. The van der Waals surface area contributed by atoms with Gasteiger partial charge in [-0.15, -0.1) is 0 Å². The highest BCUT2D eigenvalue weighted by atomic mass is 79.9. The van der Waals surface area contributed by atoms with Gasteiger partial charge in [0.2, 0.25) is 0 Å². The van der Waals surface area contributed by atoms with E-state index in [0.29, 0.717) is 0 Å². The Morgan fingerprint density at radius 2 is 2.00 bits per heavy atom. The van der Waals surface area contributed by atoms with Crippen molar-refractivity contribution in [3.05, 3.63) is 47.0 Å². The van der Waals surface area contributed by atoms with E-state index in [-0.39, 0.29) is 0 Å². The molecular weight excluding hydrogens is 200 g/mol. The van der Waals surface area contributed by atoms with Crippen LogP contribution in [0.2, 0.25) is 0 Å². The van der Waals surface area contributed by atoms with Gasteiger partial charge in [-0.05, 0) is 25.0 Å². The molecule has 0 nitrogen and oxygen atoms in total. The highest BCUT2D eigenvalue weighted by molar-refractivity contribution is 9.11. The Balaban J connectivity index is 4.82. The Hall–Kier alpha value is -0.560. The second-order valence-electron chi connectivity index (χ2n) is 2.25. The third kappa shape index (κ3) is 3.38. The zero-order valence-corrected chi connectivity index (χ0v) is 8.61. The third-order valence-electron chi connectivity index (χ3n) is 1.23. The molecule has 0 aromatic heterocycles. The van der Waals surface area contributed by atoms with E-state index in [1.54, 1.807) is 6.08 Å². The zero-order chi connectivity index (χ0) is 8.85. The Morgan fingerprint density at radius 3 is 2.27 bits per heavy atom. The van der Waals surface area contributed by atoms with E-state index >= 15 is 0 Å². The number of rotatable bonds is 3. The molecule has 0 amide bonds. The molecule has 1 heteroatoms. The van der Waals surface area contributed by atoms with Crippen molar-refractivity contribution in [1.82, 2.24) is 0 Å². The van der Waals surface area contributed by atoms with Crippen molar-refractivity contribution in [2.75, 3.05) is 0 Å². The van der Waals surface area contributed by atoms with Crippen molar-refractivity contribution in [2.24, 2.45) is 0 Å². The van der Waals surface area contributed by atoms with Gasteiger partial charge in [-0.3, -0.25) is 0 Å². The summed E-state index contributed by atoms with van der Waals surface area (Å²) in [6, 6.07) is 0.